The third-order valence-corrected chi connectivity index (χ3v) is 9.95. The Bertz CT molecular complexity index is 2010. The van der Waals surface area contributed by atoms with E-state index in [0.717, 1.165) is 47.2 Å². The minimum Gasteiger partial charge on any atom is -0.453 e. The second kappa shape index (κ2) is 16.2. The van der Waals surface area contributed by atoms with Gasteiger partial charge in [0.1, 0.15) is 23.7 Å². The average molecular weight is 740 g/mol. The Labute approximate surface area is 312 Å². The quantitative estimate of drug-likeness (QED) is 0.157. The molecule has 0 aliphatic carbocycles. The van der Waals surface area contributed by atoms with Gasteiger partial charge in [-0.1, -0.05) is 48.5 Å². The summed E-state index contributed by atoms with van der Waals surface area (Å²) in [5.74, 6) is 0.375. The van der Waals surface area contributed by atoms with Gasteiger partial charge in [-0.05, 0) is 56.2 Å². The highest BCUT2D eigenvalue weighted by atomic mass is 16.5. The van der Waals surface area contributed by atoms with Gasteiger partial charge in [0.2, 0.25) is 11.8 Å². The highest BCUT2D eigenvalue weighted by Crippen LogP contribution is 2.35. The van der Waals surface area contributed by atoms with Crippen LogP contribution in [-0.4, -0.2) is 106 Å². The van der Waals surface area contributed by atoms with Gasteiger partial charge >= 0.3 is 12.2 Å². The number of aromatic nitrogens is 4. The van der Waals surface area contributed by atoms with Gasteiger partial charge in [-0.15, -0.1) is 0 Å². The van der Waals surface area contributed by atoms with Gasteiger partial charge in [0, 0.05) is 25.7 Å². The molecule has 4 aromatic rings. The largest absolute Gasteiger partial charge is 0.453 e. The molecule has 284 valence electrons. The van der Waals surface area contributed by atoms with E-state index >= 15 is 0 Å². The number of amides is 5. The maximum absolute atomic E-state index is 13.3. The first-order chi connectivity index (χ1) is 26.0. The van der Waals surface area contributed by atoms with Crippen molar-refractivity contribution in [2.75, 3.05) is 34.4 Å². The molecule has 2 aromatic carbocycles. The lowest BCUT2D eigenvalue weighted by atomic mass is 10.0. The van der Waals surface area contributed by atoms with Gasteiger partial charge in [-0.2, -0.15) is 0 Å². The van der Waals surface area contributed by atoms with E-state index in [2.05, 4.69) is 45.4 Å². The molecule has 5 amide bonds. The maximum atomic E-state index is 13.3. The Morgan fingerprint density at radius 1 is 0.722 bits per heavy atom. The summed E-state index contributed by atoms with van der Waals surface area (Å²) in [5.41, 5.74) is 5.21. The van der Waals surface area contributed by atoms with E-state index in [0.29, 0.717) is 36.9 Å². The van der Waals surface area contributed by atoms with Crippen LogP contribution in [0.3, 0.4) is 0 Å². The first-order valence-corrected chi connectivity index (χ1v) is 17.9. The van der Waals surface area contributed by atoms with Crippen molar-refractivity contribution in [1.29, 1.82) is 0 Å². The maximum Gasteiger partial charge on any atom is 0.407 e. The van der Waals surface area contributed by atoms with Crippen molar-refractivity contribution in [3.8, 4) is 33.6 Å². The second-order valence-electron chi connectivity index (χ2n) is 13.4. The van der Waals surface area contributed by atoms with Crippen molar-refractivity contribution in [3.05, 3.63) is 72.1 Å². The molecule has 2 aliphatic heterocycles. The number of nitrogens with one attached hydrogen (secondary N) is 5. The van der Waals surface area contributed by atoms with Gasteiger partial charge in [0.25, 0.3) is 5.91 Å². The third-order valence-electron chi connectivity index (χ3n) is 9.95. The van der Waals surface area contributed by atoms with Crippen LogP contribution in [0.1, 0.15) is 73.8 Å². The summed E-state index contributed by atoms with van der Waals surface area (Å²) < 4.78 is 9.28. The van der Waals surface area contributed by atoms with Gasteiger partial charge in [0.15, 0.2) is 5.69 Å². The van der Waals surface area contributed by atoms with Crippen LogP contribution >= 0.6 is 0 Å². The van der Waals surface area contributed by atoms with Crippen molar-refractivity contribution in [2.24, 2.45) is 0 Å². The fraction of sp³-hybridized carbons (Fsp3) is 0.395. The first-order valence-electron chi connectivity index (χ1n) is 17.9. The summed E-state index contributed by atoms with van der Waals surface area (Å²) >= 11 is 0. The van der Waals surface area contributed by atoms with Crippen molar-refractivity contribution in [3.63, 3.8) is 0 Å². The number of H-pyrrole nitrogens is 2. The molecule has 0 saturated carbocycles. The average Bonchev–Trinajstić information content (AvgIpc) is 4.03. The van der Waals surface area contributed by atoms with E-state index < -0.39 is 24.3 Å². The highest BCUT2D eigenvalue weighted by Gasteiger charge is 2.37. The number of ether oxygens (including phenoxy) is 2. The molecular formula is C38H45N9O7. The first kappa shape index (κ1) is 37.6. The minimum atomic E-state index is -0.794. The molecule has 2 aromatic heterocycles. The van der Waals surface area contributed by atoms with Crippen molar-refractivity contribution in [1.82, 2.24) is 45.7 Å². The Morgan fingerprint density at radius 3 is 1.70 bits per heavy atom. The van der Waals surface area contributed by atoms with Crippen molar-refractivity contribution >= 4 is 29.9 Å². The topological polar surface area (TPSA) is 204 Å². The van der Waals surface area contributed by atoms with Gasteiger partial charge in [-0.25, -0.2) is 19.6 Å². The summed E-state index contributed by atoms with van der Waals surface area (Å²) in [7, 11) is 4.04. The van der Waals surface area contributed by atoms with Crippen LogP contribution in [-0.2, 0) is 19.1 Å². The molecule has 4 heterocycles. The number of hydrogen-bond acceptors (Lipinski definition) is 9. The lowest BCUT2D eigenvalue weighted by Crippen LogP contribution is -2.46. The zero-order valence-electron chi connectivity index (χ0n) is 30.9. The van der Waals surface area contributed by atoms with E-state index in [1.807, 2.05) is 48.5 Å². The molecule has 0 spiro atoms. The zero-order chi connectivity index (χ0) is 38.5. The number of rotatable bonds is 10. The third kappa shape index (κ3) is 7.77. The number of methoxy groups -OCH3 is 2. The Morgan fingerprint density at radius 2 is 1.20 bits per heavy atom. The number of imidazole rings is 2. The molecular weight excluding hydrogens is 694 g/mol. The van der Waals surface area contributed by atoms with E-state index in [9.17, 15) is 24.0 Å². The van der Waals surface area contributed by atoms with E-state index in [1.165, 1.54) is 14.2 Å². The number of nitrogens with zero attached hydrogens (tertiary/aromatic N) is 4. The standard InChI is InChI=1S/C38H45N9O7/c1-21(41-37(51)53-4)35(49)46-18-6-8-28(46)32-40-20-27(43-32)25-14-10-23(11-15-25)24-12-16-26(17-13-24)30-31(34(48)39-3)45-33(44-30)29-9-7-19-47(29)36(50)22(2)42-38(52)54-5/h10-17,20-22,28-29H,6-9,18-19H2,1-5H3,(H,39,48)(H,40,43)(H,41,51)(H,42,52)(H,44,45)/t21-,22+,28+,29?/m1/s1. The highest BCUT2D eigenvalue weighted by molar-refractivity contribution is 5.98. The molecule has 2 saturated heterocycles. The van der Waals surface area contributed by atoms with E-state index in [1.54, 1.807) is 36.9 Å². The summed E-state index contributed by atoms with van der Waals surface area (Å²) in [4.78, 5) is 82.1. The lowest BCUT2D eigenvalue weighted by Gasteiger charge is -2.26. The molecule has 16 heteroatoms. The van der Waals surface area contributed by atoms with E-state index in [4.69, 9.17) is 0 Å². The molecule has 2 fully saturated rings. The van der Waals surface area contributed by atoms with Crippen LogP contribution in [0.4, 0.5) is 9.59 Å². The number of alkyl carbamates (subject to hydrolysis) is 2. The molecule has 16 nitrogen and oxygen atoms in total. The molecule has 54 heavy (non-hydrogen) atoms. The van der Waals surface area contributed by atoms with Gasteiger partial charge in [0.05, 0.1) is 43.9 Å². The smallest absolute Gasteiger partial charge is 0.407 e. The second-order valence-corrected chi connectivity index (χ2v) is 13.4. The summed E-state index contributed by atoms with van der Waals surface area (Å²) in [6.45, 7) is 4.31. The van der Waals surface area contributed by atoms with Crippen molar-refractivity contribution in [2.45, 2.75) is 63.7 Å². The van der Waals surface area contributed by atoms with Crippen LogP contribution < -0.4 is 16.0 Å². The Kier molecular flexibility index (Phi) is 11.3. The number of carbonyl (C=O) groups excluding carboxylic acids is 5. The predicted molar refractivity (Wildman–Crippen MR) is 198 cm³/mol. The Balaban J connectivity index is 1.16. The molecule has 4 atom stereocenters. The predicted octanol–water partition coefficient (Wildman–Crippen LogP) is 4.31. The number of hydrogen-bond donors (Lipinski definition) is 5. The lowest BCUT2D eigenvalue weighted by molar-refractivity contribution is -0.134. The molecule has 1 unspecified atom stereocenters. The molecule has 2 aliphatic rings. The minimum absolute atomic E-state index is 0.192. The summed E-state index contributed by atoms with van der Waals surface area (Å²) in [6.07, 6.45) is 3.41. The number of aromatic amines is 2. The number of likely N-dealkylation sites (tertiary alicyclic amines) is 2. The van der Waals surface area contributed by atoms with Crippen molar-refractivity contribution < 1.29 is 33.4 Å². The monoisotopic (exact) mass is 739 g/mol. The van der Waals surface area contributed by atoms with Crippen LogP contribution in [0, 0.1) is 0 Å². The van der Waals surface area contributed by atoms with Crippen LogP contribution in [0.15, 0.2) is 54.7 Å². The molecule has 0 radical (unpaired) electrons. The van der Waals surface area contributed by atoms with Gasteiger partial charge < -0.3 is 45.2 Å². The number of carbonyl (C=O) groups is 5. The molecule has 6 rings (SSSR count). The fourth-order valence-electron chi connectivity index (χ4n) is 7.09. The Hall–Kier alpha value is -6.19. The number of benzene rings is 2. The van der Waals surface area contributed by atoms with Crippen LogP contribution in [0.5, 0.6) is 0 Å². The summed E-state index contributed by atoms with van der Waals surface area (Å²) in [5, 5.41) is 7.74. The van der Waals surface area contributed by atoms with Gasteiger partial charge in [-0.3, -0.25) is 14.4 Å². The SMILES string of the molecule is CNC(=O)c1nc(C2CCCN2C(=O)[C@H](C)NC(=O)OC)[nH]c1-c1ccc(-c2ccc(-c3cnc([C@@H]4CCCN4C(=O)[C@@H](C)NC(=O)OC)[nH]3)cc2)cc1. The van der Waals surface area contributed by atoms with Crippen LogP contribution in [0.25, 0.3) is 33.6 Å². The molecule has 0 bridgehead atoms. The van der Waals surface area contributed by atoms with E-state index in [-0.39, 0.29) is 35.5 Å². The fourth-order valence-corrected chi connectivity index (χ4v) is 7.09. The zero-order valence-corrected chi connectivity index (χ0v) is 30.9. The normalized spacial score (nSPS) is 17.8. The summed E-state index contributed by atoms with van der Waals surface area (Å²) in [6, 6.07) is 13.7. The van der Waals surface area contributed by atoms with Crippen LogP contribution in [0.2, 0.25) is 0 Å². The molecule has 5 N–H and O–H groups in total.